The van der Waals surface area contributed by atoms with Gasteiger partial charge < -0.3 is 10.1 Å². The van der Waals surface area contributed by atoms with Gasteiger partial charge in [-0.15, -0.1) is 13.2 Å². The third kappa shape index (κ3) is 6.29. The van der Waals surface area contributed by atoms with Gasteiger partial charge in [0.05, 0.1) is 6.54 Å². The molecule has 2 rings (SSSR count). The molecule has 0 aliphatic rings. The van der Waals surface area contributed by atoms with Crippen LogP contribution in [-0.2, 0) is 17.8 Å². The number of rotatable bonds is 7. The summed E-state index contributed by atoms with van der Waals surface area (Å²) in [5.74, 6) is -0.486. The summed E-state index contributed by atoms with van der Waals surface area (Å²) in [6, 6.07) is 11.7. The average Bonchev–Trinajstić information content (AvgIpc) is 2.57. The number of nitrogens with zero attached hydrogens (tertiary/aromatic N) is 1. The maximum absolute atomic E-state index is 12.5. The van der Waals surface area contributed by atoms with Crippen molar-refractivity contribution in [2.75, 3.05) is 18.9 Å². The molecule has 0 aromatic heterocycles. The average molecular weight is 380 g/mol. The Labute approximate surface area is 156 Å². The van der Waals surface area contributed by atoms with Gasteiger partial charge in [0, 0.05) is 17.8 Å². The summed E-state index contributed by atoms with van der Waals surface area (Å²) < 4.78 is 41.6. The van der Waals surface area contributed by atoms with Gasteiger partial charge in [-0.1, -0.05) is 43.3 Å². The minimum atomic E-state index is -4.76. The van der Waals surface area contributed by atoms with Crippen molar-refractivity contribution in [2.24, 2.45) is 0 Å². The summed E-state index contributed by atoms with van der Waals surface area (Å²) in [5, 5.41) is 2.91. The van der Waals surface area contributed by atoms with E-state index in [0.29, 0.717) is 5.56 Å². The fraction of sp³-hybridized carbons (Fsp3) is 0.350. The highest BCUT2D eigenvalue weighted by Gasteiger charge is 2.32. The van der Waals surface area contributed by atoms with Gasteiger partial charge in [0.25, 0.3) is 0 Å². The van der Waals surface area contributed by atoms with E-state index in [0.717, 1.165) is 23.2 Å². The molecular formula is C20H23F3N2O2. The fourth-order valence-electron chi connectivity index (χ4n) is 2.83. The van der Waals surface area contributed by atoms with Crippen molar-refractivity contribution >= 4 is 11.6 Å². The van der Waals surface area contributed by atoms with E-state index in [-0.39, 0.29) is 24.7 Å². The predicted molar refractivity (Wildman–Crippen MR) is 98.6 cm³/mol. The molecule has 0 unspecified atom stereocenters. The zero-order valence-electron chi connectivity index (χ0n) is 15.6. The highest BCUT2D eigenvalue weighted by atomic mass is 19.4. The summed E-state index contributed by atoms with van der Waals surface area (Å²) in [6.07, 6.45) is -3.97. The van der Waals surface area contributed by atoms with Crippen molar-refractivity contribution in [2.45, 2.75) is 33.2 Å². The number of hydrogen-bond acceptors (Lipinski definition) is 3. The van der Waals surface area contributed by atoms with Crippen LogP contribution in [0.2, 0.25) is 0 Å². The Morgan fingerprint density at radius 2 is 1.78 bits per heavy atom. The molecular weight excluding hydrogens is 357 g/mol. The monoisotopic (exact) mass is 380 g/mol. The summed E-state index contributed by atoms with van der Waals surface area (Å²) in [4.78, 5) is 14.0. The smallest absolute Gasteiger partial charge is 0.405 e. The van der Waals surface area contributed by atoms with E-state index in [4.69, 9.17) is 0 Å². The van der Waals surface area contributed by atoms with Crippen molar-refractivity contribution in [3.8, 4) is 5.75 Å². The number of alkyl halides is 3. The van der Waals surface area contributed by atoms with Crippen LogP contribution in [0.4, 0.5) is 18.9 Å². The molecule has 146 valence electrons. The molecule has 0 aliphatic heterocycles. The van der Waals surface area contributed by atoms with Crippen LogP contribution in [-0.4, -0.2) is 30.8 Å². The molecule has 0 heterocycles. The maximum atomic E-state index is 12.5. The standard InChI is InChI=1S/C20H23F3N2O2/c1-4-15-10-7-8-14(2)19(15)24-18(26)13-25(3)12-16-9-5-6-11-17(16)27-20(21,22)23/h5-11H,4,12-13H2,1-3H3,(H,24,26). The van der Waals surface area contributed by atoms with Crippen molar-refractivity contribution in [3.05, 3.63) is 59.2 Å². The maximum Gasteiger partial charge on any atom is 0.573 e. The van der Waals surface area contributed by atoms with Gasteiger partial charge >= 0.3 is 6.36 Å². The first kappa shape index (κ1) is 20.8. The molecule has 0 aliphatic carbocycles. The molecule has 0 fully saturated rings. The zero-order chi connectivity index (χ0) is 20.0. The van der Waals surface area contributed by atoms with Crippen molar-refractivity contribution in [1.82, 2.24) is 4.90 Å². The lowest BCUT2D eigenvalue weighted by molar-refractivity contribution is -0.275. The first-order chi connectivity index (χ1) is 12.7. The Bertz CT molecular complexity index is 791. The van der Waals surface area contributed by atoms with Crippen LogP contribution in [0, 0.1) is 6.92 Å². The second-order valence-corrected chi connectivity index (χ2v) is 6.34. The van der Waals surface area contributed by atoms with Crippen molar-refractivity contribution < 1.29 is 22.7 Å². The van der Waals surface area contributed by atoms with Crippen LogP contribution < -0.4 is 10.1 Å². The highest BCUT2D eigenvalue weighted by Crippen LogP contribution is 2.27. The SMILES string of the molecule is CCc1cccc(C)c1NC(=O)CN(C)Cc1ccccc1OC(F)(F)F. The lowest BCUT2D eigenvalue weighted by Gasteiger charge is -2.20. The number of benzene rings is 2. The number of anilines is 1. The van der Waals surface area contributed by atoms with E-state index in [9.17, 15) is 18.0 Å². The summed E-state index contributed by atoms with van der Waals surface area (Å²) >= 11 is 0. The number of carbonyl (C=O) groups excluding carboxylic acids is 1. The largest absolute Gasteiger partial charge is 0.573 e. The molecule has 0 saturated carbocycles. The molecule has 0 bridgehead atoms. The van der Waals surface area contributed by atoms with Gasteiger partial charge in [-0.3, -0.25) is 9.69 Å². The van der Waals surface area contributed by atoms with Gasteiger partial charge in [0.1, 0.15) is 5.75 Å². The van der Waals surface area contributed by atoms with Crippen LogP contribution in [0.1, 0.15) is 23.6 Å². The Kier molecular flexibility index (Phi) is 6.85. The number of halogens is 3. The Hall–Kier alpha value is -2.54. The van der Waals surface area contributed by atoms with E-state index in [1.165, 1.54) is 12.1 Å². The molecule has 0 saturated heterocycles. The first-order valence-corrected chi connectivity index (χ1v) is 8.60. The molecule has 2 aromatic rings. The van der Waals surface area contributed by atoms with Crippen molar-refractivity contribution in [1.29, 1.82) is 0 Å². The number of nitrogens with one attached hydrogen (secondary N) is 1. The van der Waals surface area contributed by atoms with E-state index in [1.807, 2.05) is 32.0 Å². The number of carbonyl (C=O) groups is 1. The summed E-state index contributed by atoms with van der Waals surface area (Å²) in [6.45, 7) is 4.11. The lowest BCUT2D eigenvalue weighted by Crippen LogP contribution is -2.30. The van der Waals surface area contributed by atoms with E-state index in [2.05, 4.69) is 10.1 Å². The van der Waals surface area contributed by atoms with Gasteiger partial charge in [-0.05, 0) is 37.6 Å². The molecule has 2 aromatic carbocycles. The third-order valence-electron chi connectivity index (χ3n) is 4.06. The first-order valence-electron chi connectivity index (χ1n) is 8.60. The van der Waals surface area contributed by atoms with Gasteiger partial charge in [0.15, 0.2) is 0 Å². The molecule has 4 nitrogen and oxygen atoms in total. The third-order valence-corrected chi connectivity index (χ3v) is 4.06. The lowest BCUT2D eigenvalue weighted by atomic mass is 10.1. The number of amides is 1. The van der Waals surface area contributed by atoms with Crippen LogP contribution >= 0.6 is 0 Å². The zero-order valence-corrected chi connectivity index (χ0v) is 15.6. The Morgan fingerprint density at radius 3 is 2.44 bits per heavy atom. The van der Waals surface area contributed by atoms with Crippen LogP contribution in [0.25, 0.3) is 0 Å². The second kappa shape index (κ2) is 8.90. The van der Waals surface area contributed by atoms with Crippen molar-refractivity contribution in [3.63, 3.8) is 0 Å². The minimum absolute atomic E-state index is 0.0395. The van der Waals surface area contributed by atoms with Gasteiger partial charge in [-0.2, -0.15) is 0 Å². The Balaban J connectivity index is 2.02. The van der Waals surface area contributed by atoms with E-state index >= 15 is 0 Å². The van der Waals surface area contributed by atoms with Gasteiger partial charge in [-0.25, -0.2) is 0 Å². The van der Waals surface area contributed by atoms with E-state index < -0.39 is 6.36 Å². The van der Waals surface area contributed by atoms with Crippen LogP contribution in [0.3, 0.4) is 0 Å². The second-order valence-electron chi connectivity index (χ2n) is 6.34. The molecule has 1 amide bonds. The number of para-hydroxylation sites is 2. The van der Waals surface area contributed by atoms with Crippen LogP contribution in [0.15, 0.2) is 42.5 Å². The molecule has 1 N–H and O–H groups in total. The Morgan fingerprint density at radius 1 is 1.11 bits per heavy atom. The summed E-state index contributed by atoms with van der Waals surface area (Å²) in [7, 11) is 1.67. The molecule has 27 heavy (non-hydrogen) atoms. The topological polar surface area (TPSA) is 41.6 Å². The minimum Gasteiger partial charge on any atom is -0.405 e. The fourth-order valence-corrected chi connectivity index (χ4v) is 2.83. The normalized spacial score (nSPS) is 11.5. The number of hydrogen-bond donors (Lipinski definition) is 1. The molecule has 7 heteroatoms. The quantitative estimate of drug-likeness (QED) is 0.768. The molecule has 0 atom stereocenters. The van der Waals surface area contributed by atoms with Crippen LogP contribution in [0.5, 0.6) is 5.75 Å². The molecule has 0 radical (unpaired) electrons. The van der Waals surface area contributed by atoms with Gasteiger partial charge in [0.2, 0.25) is 5.91 Å². The highest BCUT2D eigenvalue weighted by molar-refractivity contribution is 5.93. The predicted octanol–water partition coefficient (Wildman–Crippen LogP) is 4.53. The van der Waals surface area contributed by atoms with E-state index in [1.54, 1.807) is 24.1 Å². The summed E-state index contributed by atoms with van der Waals surface area (Å²) in [5.41, 5.74) is 3.15. The molecule has 0 spiro atoms. The number of ether oxygens (including phenoxy) is 1. The number of aryl methyl sites for hydroxylation is 2. The number of likely N-dealkylation sites (N-methyl/N-ethyl adjacent to an activating group) is 1.